The molecule has 0 radical (unpaired) electrons. The molecule has 0 atom stereocenters. The van der Waals surface area contributed by atoms with Crippen molar-refractivity contribution in [3.8, 4) is 11.3 Å². The fourth-order valence-corrected chi connectivity index (χ4v) is 4.34. The van der Waals surface area contributed by atoms with Gasteiger partial charge in [-0.25, -0.2) is 0 Å². The van der Waals surface area contributed by atoms with Gasteiger partial charge in [0.15, 0.2) is 5.82 Å². The Labute approximate surface area is 197 Å². The van der Waals surface area contributed by atoms with Crippen LogP contribution >= 0.6 is 0 Å². The number of hydrogen-bond donors (Lipinski definition) is 1. The van der Waals surface area contributed by atoms with E-state index in [4.69, 9.17) is 0 Å². The molecule has 0 spiro atoms. The maximum Gasteiger partial charge on any atom is 0.262 e. The summed E-state index contributed by atoms with van der Waals surface area (Å²) < 4.78 is 0. The average molecular weight is 456 g/mol. The number of benzene rings is 2. The SMILES string of the molecule is CC1CCN(c2ccc(-c3ccc(NC(=O)CN4C(=O)c5ccccc5C4=O)cc3)nn2)CC1. The van der Waals surface area contributed by atoms with E-state index in [2.05, 4.69) is 27.3 Å². The van der Waals surface area contributed by atoms with E-state index in [0.717, 1.165) is 41.0 Å². The Morgan fingerprint density at radius 2 is 1.56 bits per heavy atom. The van der Waals surface area contributed by atoms with Crippen molar-refractivity contribution in [2.75, 3.05) is 29.9 Å². The van der Waals surface area contributed by atoms with E-state index in [1.165, 1.54) is 12.8 Å². The zero-order valence-corrected chi connectivity index (χ0v) is 18.9. The van der Waals surface area contributed by atoms with E-state index in [0.29, 0.717) is 16.8 Å². The lowest BCUT2D eigenvalue weighted by Crippen LogP contribution is -2.37. The predicted octanol–water partition coefficient (Wildman–Crippen LogP) is 3.61. The fourth-order valence-electron chi connectivity index (χ4n) is 4.34. The molecule has 1 fully saturated rings. The molecule has 3 aromatic rings. The highest BCUT2D eigenvalue weighted by Crippen LogP contribution is 2.25. The van der Waals surface area contributed by atoms with Gasteiger partial charge in [-0.05, 0) is 55.2 Å². The van der Waals surface area contributed by atoms with Gasteiger partial charge in [0, 0.05) is 24.3 Å². The topological polar surface area (TPSA) is 95.5 Å². The second kappa shape index (κ2) is 9.05. The van der Waals surface area contributed by atoms with Crippen LogP contribution in [0.1, 0.15) is 40.5 Å². The molecule has 172 valence electrons. The van der Waals surface area contributed by atoms with E-state index >= 15 is 0 Å². The molecule has 3 heterocycles. The van der Waals surface area contributed by atoms with Crippen LogP contribution in [0.3, 0.4) is 0 Å². The number of carbonyl (C=O) groups is 3. The summed E-state index contributed by atoms with van der Waals surface area (Å²) in [5.74, 6) is 0.310. The number of imide groups is 1. The molecule has 3 amide bonds. The third kappa shape index (κ3) is 4.26. The Morgan fingerprint density at radius 1 is 0.912 bits per heavy atom. The van der Waals surface area contributed by atoms with Crippen LogP contribution in [0.5, 0.6) is 0 Å². The second-order valence-corrected chi connectivity index (χ2v) is 8.81. The molecule has 34 heavy (non-hydrogen) atoms. The molecule has 2 aromatic carbocycles. The third-order valence-corrected chi connectivity index (χ3v) is 6.40. The highest BCUT2D eigenvalue weighted by Gasteiger charge is 2.36. The summed E-state index contributed by atoms with van der Waals surface area (Å²) in [5, 5.41) is 11.5. The Morgan fingerprint density at radius 3 is 2.15 bits per heavy atom. The van der Waals surface area contributed by atoms with Gasteiger partial charge in [-0.1, -0.05) is 31.2 Å². The van der Waals surface area contributed by atoms with Crippen molar-refractivity contribution < 1.29 is 14.4 Å². The molecule has 1 aromatic heterocycles. The number of piperidine rings is 1. The highest BCUT2D eigenvalue weighted by molar-refractivity contribution is 6.22. The zero-order chi connectivity index (χ0) is 23.7. The first-order valence-corrected chi connectivity index (χ1v) is 11.4. The van der Waals surface area contributed by atoms with Gasteiger partial charge < -0.3 is 10.2 Å². The average Bonchev–Trinajstić information content (AvgIpc) is 3.10. The molecule has 0 aliphatic carbocycles. The van der Waals surface area contributed by atoms with Crippen molar-refractivity contribution in [2.24, 2.45) is 5.92 Å². The molecule has 2 aliphatic heterocycles. The Bertz CT molecular complexity index is 1200. The number of aromatic nitrogens is 2. The number of amides is 3. The molecule has 2 aliphatic rings. The first kappa shape index (κ1) is 21.8. The minimum Gasteiger partial charge on any atom is -0.355 e. The molecule has 0 bridgehead atoms. The lowest BCUT2D eigenvalue weighted by Gasteiger charge is -2.30. The standard InChI is InChI=1S/C26H25N5O3/c1-17-12-14-30(15-13-17)23-11-10-22(28-29-23)18-6-8-19(9-7-18)27-24(32)16-31-25(33)20-4-2-3-5-21(20)26(31)34/h2-11,17H,12-16H2,1H3,(H,27,32). The van der Waals surface area contributed by atoms with Crippen molar-refractivity contribution >= 4 is 29.2 Å². The molecule has 0 saturated carbocycles. The number of rotatable bonds is 5. The van der Waals surface area contributed by atoms with Gasteiger partial charge in [0.05, 0.1) is 16.8 Å². The van der Waals surface area contributed by atoms with Crippen molar-refractivity contribution in [1.29, 1.82) is 0 Å². The number of nitrogens with zero attached hydrogens (tertiary/aromatic N) is 4. The fraction of sp³-hybridized carbons (Fsp3) is 0.269. The summed E-state index contributed by atoms with van der Waals surface area (Å²) in [6.07, 6.45) is 2.34. The van der Waals surface area contributed by atoms with Crippen molar-refractivity contribution in [3.05, 3.63) is 71.8 Å². The quantitative estimate of drug-likeness (QED) is 0.591. The smallest absolute Gasteiger partial charge is 0.262 e. The normalized spacial score (nSPS) is 16.0. The Hall–Kier alpha value is -4.07. The maximum absolute atomic E-state index is 12.5. The maximum atomic E-state index is 12.5. The predicted molar refractivity (Wildman–Crippen MR) is 129 cm³/mol. The van der Waals surface area contributed by atoms with Crippen molar-refractivity contribution in [1.82, 2.24) is 15.1 Å². The summed E-state index contributed by atoms with van der Waals surface area (Å²) in [6.45, 7) is 3.95. The van der Waals surface area contributed by atoms with Crippen LogP contribution in [0, 0.1) is 5.92 Å². The lowest BCUT2D eigenvalue weighted by atomic mass is 9.99. The van der Waals surface area contributed by atoms with E-state index < -0.39 is 17.7 Å². The molecule has 0 unspecified atom stereocenters. The van der Waals surface area contributed by atoms with Crippen LogP contribution in [0.2, 0.25) is 0 Å². The largest absolute Gasteiger partial charge is 0.355 e. The molecule has 1 saturated heterocycles. The van der Waals surface area contributed by atoms with Crippen LogP contribution in [0.4, 0.5) is 11.5 Å². The molecule has 8 nitrogen and oxygen atoms in total. The summed E-state index contributed by atoms with van der Waals surface area (Å²) in [6, 6.07) is 17.8. The minimum absolute atomic E-state index is 0.326. The van der Waals surface area contributed by atoms with Crippen LogP contribution in [0.25, 0.3) is 11.3 Å². The van der Waals surface area contributed by atoms with Gasteiger partial charge >= 0.3 is 0 Å². The Kier molecular flexibility index (Phi) is 5.79. The van der Waals surface area contributed by atoms with Crippen molar-refractivity contribution in [3.63, 3.8) is 0 Å². The Balaban J connectivity index is 1.20. The summed E-state index contributed by atoms with van der Waals surface area (Å²) in [5.41, 5.74) is 2.85. The zero-order valence-electron chi connectivity index (χ0n) is 18.9. The van der Waals surface area contributed by atoms with E-state index in [-0.39, 0.29) is 6.54 Å². The summed E-state index contributed by atoms with van der Waals surface area (Å²) >= 11 is 0. The molecular weight excluding hydrogens is 430 g/mol. The van der Waals surface area contributed by atoms with Crippen LogP contribution < -0.4 is 10.2 Å². The first-order chi connectivity index (χ1) is 16.5. The first-order valence-electron chi connectivity index (χ1n) is 11.4. The summed E-state index contributed by atoms with van der Waals surface area (Å²) in [4.78, 5) is 40.6. The number of anilines is 2. The second-order valence-electron chi connectivity index (χ2n) is 8.81. The van der Waals surface area contributed by atoms with Crippen LogP contribution in [0.15, 0.2) is 60.7 Å². The molecule has 8 heteroatoms. The third-order valence-electron chi connectivity index (χ3n) is 6.40. The van der Waals surface area contributed by atoms with Gasteiger partial charge in [-0.15, -0.1) is 10.2 Å². The van der Waals surface area contributed by atoms with E-state index in [9.17, 15) is 14.4 Å². The molecular formula is C26H25N5O3. The van der Waals surface area contributed by atoms with Crippen LogP contribution in [-0.2, 0) is 4.79 Å². The minimum atomic E-state index is -0.452. The van der Waals surface area contributed by atoms with Gasteiger partial charge in [0.25, 0.3) is 11.8 Å². The number of nitrogens with one attached hydrogen (secondary N) is 1. The van der Waals surface area contributed by atoms with Gasteiger partial charge in [0.2, 0.25) is 5.91 Å². The number of carbonyl (C=O) groups excluding carboxylic acids is 3. The van der Waals surface area contributed by atoms with Gasteiger partial charge in [-0.2, -0.15) is 0 Å². The monoisotopic (exact) mass is 455 g/mol. The molecule has 5 rings (SSSR count). The van der Waals surface area contributed by atoms with Gasteiger partial charge in [-0.3, -0.25) is 19.3 Å². The summed E-state index contributed by atoms with van der Waals surface area (Å²) in [7, 11) is 0. The molecule has 1 N–H and O–H groups in total. The van der Waals surface area contributed by atoms with Crippen molar-refractivity contribution in [2.45, 2.75) is 19.8 Å². The van der Waals surface area contributed by atoms with Crippen LogP contribution in [-0.4, -0.2) is 52.5 Å². The number of fused-ring (bicyclic) bond motifs is 1. The highest BCUT2D eigenvalue weighted by atomic mass is 16.2. The van der Waals surface area contributed by atoms with E-state index in [1.54, 1.807) is 36.4 Å². The van der Waals surface area contributed by atoms with E-state index in [1.807, 2.05) is 24.3 Å². The number of hydrogen-bond acceptors (Lipinski definition) is 6. The lowest BCUT2D eigenvalue weighted by molar-refractivity contribution is -0.116. The van der Waals surface area contributed by atoms with Gasteiger partial charge in [0.1, 0.15) is 6.54 Å².